The van der Waals surface area contributed by atoms with Gasteiger partial charge in [0.05, 0.1) is 43.6 Å². The van der Waals surface area contributed by atoms with Crippen LogP contribution in [0, 0.1) is 0 Å². The minimum atomic E-state index is -4.51. The summed E-state index contributed by atoms with van der Waals surface area (Å²) in [7, 11) is 0. The predicted molar refractivity (Wildman–Crippen MR) is 117 cm³/mol. The lowest BCUT2D eigenvalue weighted by Crippen LogP contribution is -2.46. The first-order valence-electron chi connectivity index (χ1n) is 10.6. The van der Waals surface area contributed by atoms with Crippen molar-refractivity contribution < 1.29 is 22.7 Å². The Labute approximate surface area is 193 Å². The van der Waals surface area contributed by atoms with Crippen molar-refractivity contribution in [2.45, 2.75) is 38.7 Å². The first-order valence-corrected chi connectivity index (χ1v) is 10.9. The van der Waals surface area contributed by atoms with Crippen LogP contribution < -0.4 is 11.1 Å². The van der Waals surface area contributed by atoms with Crippen molar-refractivity contribution in [2.24, 2.45) is 0 Å². The van der Waals surface area contributed by atoms with E-state index < -0.39 is 17.8 Å². The number of aromatic nitrogens is 2. The summed E-state index contributed by atoms with van der Waals surface area (Å²) in [6.07, 6.45) is -4.05. The zero-order valence-electron chi connectivity index (χ0n) is 18.0. The number of morpholine rings is 1. The molecule has 3 heterocycles. The van der Waals surface area contributed by atoms with Crippen LogP contribution in [0.3, 0.4) is 0 Å². The lowest BCUT2D eigenvalue weighted by molar-refractivity contribution is -0.137. The molecule has 1 unspecified atom stereocenters. The number of carbonyl (C=O) groups is 1. The van der Waals surface area contributed by atoms with Crippen molar-refractivity contribution in [3.63, 3.8) is 0 Å². The van der Waals surface area contributed by atoms with Crippen LogP contribution in [0.15, 0.2) is 18.2 Å². The van der Waals surface area contributed by atoms with E-state index >= 15 is 0 Å². The molecule has 2 aliphatic rings. The molecule has 2 aliphatic heterocycles. The number of carbonyl (C=O) groups excluding carboxylic acids is 1. The number of nitrogens with zero attached hydrogens (tertiary/aromatic N) is 4. The van der Waals surface area contributed by atoms with E-state index in [2.05, 4.69) is 15.3 Å². The van der Waals surface area contributed by atoms with Gasteiger partial charge >= 0.3 is 12.2 Å². The molecule has 0 bridgehead atoms. The number of nitrogens with two attached hydrogens (primary N) is 1. The van der Waals surface area contributed by atoms with Gasteiger partial charge in [-0.15, -0.1) is 0 Å². The van der Waals surface area contributed by atoms with Gasteiger partial charge in [-0.1, -0.05) is 6.92 Å². The maximum absolute atomic E-state index is 13.3. The smallest absolute Gasteiger partial charge is 0.399 e. The molecule has 8 nitrogen and oxygen atoms in total. The SMILES string of the molecule is CCC(Nc1nc(Cl)nc2c1CN(C(=O)N1CCOCC1)C2)c1cc(N)cc(C(F)(F)F)c1. The van der Waals surface area contributed by atoms with Gasteiger partial charge in [0.15, 0.2) is 0 Å². The minimum Gasteiger partial charge on any atom is -0.399 e. The van der Waals surface area contributed by atoms with Crippen LogP contribution >= 0.6 is 11.6 Å². The molecule has 0 aliphatic carbocycles. The zero-order valence-corrected chi connectivity index (χ0v) is 18.7. The summed E-state index contributed by atoms with van der Waals surface area (Å²) >= 11 is 6.13. The fourth-order valence-corrected chi connectivity index (χ4v) is 4.25. The summed E-state index contributed by atoms with van der Waals surface area (Å²) in [5, 5.41) is 3.20. The maximum atomic E-state index is 13.3. The highest BCUT2D eigenvalue weighted by Crippen LogP contribution is 2.36. The van der Waals surface area contributed by atoms with Crippen LogP contribution in [-0.2, 0) is 24.0 Å². The third-order valence-corrected chi connectivity index (χ3v) is 5.90. The second kappa shape index (κ2) is 9.22. The second-order valence-corrected chi connectivity index (χ2v) is 8.33. The number of nitrogen functional groups attached to an aromatic ring is 1. The molecule has 0 saturated carbocycles. The molecule has 1 aromatic carbocycles. The lowest BCUT2D eigenvalue weighted by atomic mass is 10.00. The van der Waals surface area contributed by atoms with Crippen molar-refractivity contribution in [1.29, 1.82) is 0 Å². The number of urea groups is 1. The summed E-state index contributed by atoms with van der Waals surface area (Å²) in [5.41, 5.74) is 6.64. The molecular weight excluding hydrogens is 461 g/mol. The number of rotatable bonds is 4. The molecule has 0 spiro atoms. The van der Waals surface area contributed by atoms with Crippen LogP contribution in [0.2, 0.25) is 5.28 Å². The van der Waals surface area contributed by atoms with Crippen LogP contribution in [0.25, 0.3) is 0 Å². The lowest BCUT2D eigenvalue weighted by Gasteiger charge is -2.30. The Balaban J connectivity index is 1.59. The number of nitrogens with one attached hydrogen (secondary N) is 1. The van der Waals surface area contributed by atoms with E-state index in [0.717, 1.165) is 12.1 Å². The molecule has 1 aromatic heterocycles. The van der Waals surface area contributed by atoms with E-state index in [1.165, 1.54) is 6.07 Å². The van der Waals surface area contributed by atoms with Gasteiger partial charge < -0.3 is 25.6 Å². The van der Waals surface area contributed by atoms with E-state index in [0.29, 0.717) is 55.4 Å². The average molecular weight is 485 g/mol. The Morgan fingerprint density at radius 1 is 1.21 bits per heavy atom. The van der Waals surface area contributed by atoms with Crippen molar-refractivity contribution in [3.8, 4) is 0 Å². The summed E-state index contributed by atoms with van der Waals surface area (Å²) in [4.78, 5) is 24.8. The fourth-order valence-electron chi connectivity index (χ4n) is 4.06. The predicted octanol–water partition coefficient (Wildman–Crippen LogP) is 4.06. The molecule has 12 heteroatoms. The number of benzene rings is 1. The van der Waals surface area contributed by atoms with Gasteiger partial charge in [-0.25, -0.2) is 14.8 Å². The van der Waals surface area contributed by atoms with E-state index in [4.69, 9.17) is 22.1 Å². The normalized spacial score (nSPS) is 17.1. The monoisotopic (exact) mass is 484 g/mol. The van der Waals surface area contributed by atoms with Crippen LogP contribution in [0.5, 0.6) is 0 Å². The molecule has 2 aromatic rings. The largest absolute Gasteiger partial charge is 0.416 e. The number of ether oxygens (including phenoxy) is 1. The zero-order chi connectivity index (χ0) is 23.8. The molecule has 3 N–H and O–H groups in total. The maximum Gasteiger partial charge on any atom is 0.416 e. The summed E-state index contributed by atoms with van der Waals surface area (Å²) in [6, 6.07) is 2.86. The van der Waals surface area contributed by atoms with Gasteiger partial charge in [0, 0.05) is 24.3 Å². The van der Waals surface area contributed by atoms with Crippen molar-refractivity contribution in [1.82, 2.24) is 19.8 Å². The minimum absolute atomic E-state index is 0.00432. The number of hydrogen-bond acceptors (Lipinski definition) is 6. The number of alkyl halides is 3. The number of hydrogen-bond donors (Lipinski definition) is 2. The van der Waals surface area contributed by atoms with E-state index in [-0.39, 0.29) is 30.1 Å². The first kappa shape index (κ1) is 23.4. The van der Waals surface area contributed by atoms with Gasteiger partial charge in [0.2, 0.25) is 5.28 Å². The van der Waals surface area contributed by atoms with Crippen LogP contribution in [0.1, 0.15) is 41.8 Å². The van der Waals surface area contributed by atoms with Crippen LogP contribution in [-0.4, -0.2) is 52.1 Å². The van der Waals surface area contributed by atoms with Crippen molar-refractivity contribution in [3.05, 3.63) is 45.9 Å². The first-order chi connectivity index (χ1) is 15.7. The molecule has 178 valence electrons. The number of anilines is 2. The number of halogens is 4. The Morgan fingerprint density at radius 2 is 1.94 bits per heavy atom. The Hall–Kier alpha value is -2.79. The Morgan fingerprint density at radius 3 is 2.61 bits per heavy atom. The van der Waals surface area contributed by atoms with Crippen molar-refractivity contribution >= 4 is 29.1 Å². The van der Waals surface area contributed by atoms with E-state index in [9.17, 15) is 18.0 Å². The van der Waals surface area contributed by atoms with Gasteiger partial charge in [0.1, 0.15) is 5.82 Å². The highest BCUT2D eigenvalue weighted by molar-refractivity contribution is 6.28. The van der Waals surface area contributed by atoms with E-state index in [1.807, 2.05) is 6.92 Å². The highest BCUT2D eigenvalue weighted by Gasteiger charge is 2.33. The quantitative estimate of drug-likeness (QED) is 0.502. The topological polar surface area (TPSA) is 96.6 Å². The molecule has 1 fully saturated rings. The summed E-state index contributed by atoms with van der Waals surface area (Å²) in [5.74, 6) is 0.394. The molecule has 4 rings (SSSR count). The summed E-state index contributed by atoms with van der Waals surface area (Å²) in [6.45, 7) is 4.38. The standard InChI is InChI=1S/C21H24ClF3N6O2/c1-2-16(12-7-13(21(23,24)25)9-14(26)8-12)27-18-15-10-31(11-17(15)28-19(22)29-18)20(32)30-3-5-33-6-4-30/h7-9,16H,2-6,10-11,26H2,1H3,(H,27,28,29). The molecular formula is C21H24ClF3N6O2. The molecule has 2 amide bonds. The molecule has 0 radical (unpaired) electrons. The number of amides is 2. The number of fused-ring (bicyclic) bond motifs is 1. The average Bonchev–Trinajstić information content (AvgIpc) is 3.20. The Kier molecular flexibility index (Phi) is 6.53. The van der Waals surface area contributed by atoms with Crippen molar-refractivity contribution in [2.75, 3.05) is 37.4 Å². The van der Waals surface area contributed by atoms with Gasteiger partial charge in [-0.2, -0.15) is 13.2 Å². The molecule has 1 atom stereocenters. The van der Waals surface area contributed by atoms with Crippen LogP contribution in [0.4, 0.5) is 29.5 Å². The molecule has 1 saturated heterocycles. The fraction of sp³-hybridized carbons (Fsp3) is 0.476. The van der Waals surface area contributed by atoms with Gasteiger partial charge in [-0.05, 0) is 41.8 Å². The van der Waals surface area contributed by atoms with Gasteiger partial charge in [0.25, 0.3) is 0 Å². The second-order valence-electron chi connectivity index (χ2n) is 8.00. The third-order valence-electron chi connectivity index (χ3n) is 5.73. The Bertz CT molecular complexity index is 1050. The summed E-state index contributed by atoms with van der Waals surface area (Å²) < 4.78 is 45.2. The molecule has 33 heavy (non-hydrogen) atoms. The van der Waals surface area contributed by atoms with Gasteiger partial charge in [-0.3, -0.25) is 0 Å². The highest BCUT2D eigenvalue weighted by atomic mass is 35.5. The third kappa shape index (κ3) is 5.09. The van der Waals surface area contributed by atoms with E-state index in [1.54, 1.807) is 9.80 Å².